The Hall–Kier alpha value is -0.790. The molecular weight excluding hydrogens is 162 g/mol. The van der Waals surface area contributed by atoms with Crippen LogP contribution in [0.5, 0.6) is 0 Å². The van der Waals surface area contributed by atoms with Gasteiger partial charge in [0.15, 0.2) is 0 Å². The summed E-state index contributed by atoms with van der Waals surface area (Å²) in [4.78, 5) is 13.7. The maximum atomic E-state index is 11.7. The zero-order chi connectivity index (χ0) is 9.68. The van der Waals surface area contributed by atoms with Crippen LogP contribution in [0.25, 0.3) is 0 Å². The first kappa shape index (κ1) is 10.3. The second kappa shape index (κ2) is 5.05. The van der Waals surface area contributed by atoms with E-state index in [-0.39, 0.29) is 5.91 Å². The van der Waals surface area contributed by atoms with Gasteiger partial charge >= 0.3 is 0 Å². The van der Waals surface area contributed by atoms with E-state index in [1.54, 1.807) is 0 Å². The van der Waals surface area contributed by atoms with Crippen molar-refractivity contribution in [1.82, 2.24) is 4.90 Å². The highest BCUT2D eigenvalue weighted by atomic mass is 16.2. The molecule has 0 saturated carbocycles. The van der Waals surface area contributed by atoms with Crippen molar-refractivity contribution in [3.8, 4) is 0 Å². The average Bonchev–Trinajstić information content (AvgIpc) is 2.43. The molecular formula is C11H19NO. The molecule has 0 radical (unpaired) electrons. The van der Waals surface area contributed by atoms with Crippen LogP contribution in [0.3, 0.4) is 0 Å². The van der Waals surface area contributed by atoms with Gasteiger partial charge in [0.2, 0.25) is 5.91 Å². The first-order chi connectivity index (χ1) is 6.25. The number of hydrogen-bond donors (Lipinski definition) is 0. The molecule has 13 heavy (non-hydrogen) atoms. The number of rotatable bonds is 1. The minimum Gasteiger partial charge on any atom is -0.339 e. The van der Waals surface area contributed by atoms with Crippen LogP contribution in [0.4, 0.5) is 0 Å². The molecule has 2 heteroatoms. The molecule has 0 spiro atoms. The number of amides is 1. The summed E-state index contributed by atoms with van der Waals surface area (Å²) in [5, 5.41) is 0. The van der Waals surface area contributed by atoms with Crippen LogP contribution in [0.15, 0.2) is 11.6 Å². The summed E-state index contributed by atoms with van der Waals surface area (Å²) in [6.07, 6.45) is 6.79. The molecule has 2 nitrogen and oxygen atoms in total. The van der Waals surface area contributed by atoms with Crippen molar-refractivity contribution in [1.29, 1.82) is 0 Å². The molecule has 0 aromatic rings. The molecule has 74 valence electrons. The van der Waals surface area contributed by atoms with Crippen molar-refractivity contribution in [2.24, 2.45) is 0 Å². The summed E-state index contributed by atoms with van der Waals surface area (Å²) in [5.41, 5.74) is 0.877. The predicted molar refractivity (Wildman–Crippen MR) is 54.5 cm³/mol. The summed E-state index contributed by atoms with van der Waals surface area (Å²) in [7, 11) is 0. The highest BCUT2D eigenvalue weighted by molar-refractivity contribution is 5.92. The lowest BCUT2D eigenvalue weighted by atomic mass is 10.2. The molecule has 0 aromatic carbocycles. The molecule has 1 aliphatic heterocycles. The Morgan fingerprint density at radius 2 is 1.69 bits per heavy atom. The zero-order valence-electron chi connectivity index (χ0n) is 8.68. The van der Waals surface area contributed by atoms with Gasteiger partial charge in [0.1, 0.15) is 0 Å². The van der Waals surface area contributed by atoms with Gasteiger partial charge in [0.05, 0.1) is 0 Å². The third-order valence-electron chi connectivity index (χ3n) is 2.66. The van der Waals surface area contributed by atoms with Crippen molar-refractivity contribution in [3.63, 3.8) is 0 Å². The fourth-order valence-corrected chi connectivity index (χ4v) is 1.65. The Morgan fingerprint density at radius 1 is 1.15 bits per heavy atom. The van der Waals surface area contributed by atoms with Crippen molar-refractivity contribution in [2.75, 3.05) is 13.1 Å². The van der Waals surface area contributed by atoms with Crippen LogP contribution in [-0.2, 0) is 4.79 Å². The first-order valence-corrected chi connectivity index (χ1v) is 5.18. The maximum absolute atomic E-state index is 11.7. The monoisotopic (exact) mass is 181 g/mol. The van der Waals surface area contributed by atoms with E-state index in [2.05, 4.69) is 0 Å². The average molecular weight is 181 g/mol. The van der Waals surface area contributed by atoms with Crippen LogP contribution in [0.1, 0.15) is 39.5 Å². The molecule has 0 atom stereocenters. The quantitative estimate of drug-likeness (QED) is 0.569. The van der Waals surface area contributed by atoms with Crippen molar-refractivity contribution < 1.29 is 4.79 Å². The summed E-state index contributed by atoms with van der Waals surface area (Å²) < 4.78 is 0. The maximum Gasteiger partial charge on any atom is 0.249 e. The third kappa shape index (κ3) is 2.87. The third-order valence-corrected chi connectivity index (χ3v) is 2.66. The van der Waals surface area contributed by atoms with Gasteiger partial charge in [-0.25, -0.2) is 0 Å². The van der Waals surface area contributed by atoms with E-state index in [1.807, 2.05) is 24.8 Å². The molecule has 1 rings (SSSR count). The minimum absolute atomic E-state index is 0.226. The standard InChI is InChI=1S/C11H19NO/c1-3-10(2)11(13)12-8-6-4-5-7-9-12/h3H,4-9H2,1-2H3/b10-3+. The number of carbonyl (C=O) groups is 1. The summed E-state index contributed by atoms with van der Waals surface area (Å²) in [5.74, 6) is 0.226. The predicted octanol–water partition coefficient (Wildman–Crippen LogP) is 2.36. The lowest BCUT2D eigenvalue weighted by Gasteiger charge is -2.20. The van der Waals surface area contributed by atoms with Crippen LogP contribution >= 0.6 is 0 Å². The summed E-state index contributed by atoms with van der Waals surface area (Å²) in [6, 6.07) is 0. The van der Waals surface area contributed by atoms with E-state index in [1.165, 1.54) is 25.7 Å². The largest absolute Gasteiger partial charge is 0.339 e. The molecule has 0 aliphatic carbocycles. The van der Waals surface area contributed by atoms with Gasteiger partial charge in [0.25, 0.3) is 0 Å². The molecule has 1 heterocycles. The van der Waals surface area contributed by atoms with E-state index in [4.69, 9.17) is 0 Å². The second-order valence-electron chi connectivity index (χ2n) is 3.68. The summed E-state index contributed by atoms with van der Waals surface area (Å²) in [6.45, 7) is 5.71. The Kier molecular flexibility index (Phi) is 4.00. The van der Waals surface area contributed by atoms with Crippen LogP contribution in [0, 0.1) is 0 Å². The second-order valence-corrected chi connectivity index (χ2v) is 3.68. The Balaban J connectivity index is 2.54. The van der Waals surface area contributed by atoms with Crippen molar-refractivity contribution in [3.05, 3.63) is 11.6 Å². The number of hydrogen-bond acceptors (Lipinski definition) is 1. The molecule has 1 saturated heterocycles. The molecule has 0 bridgehead atoms. The highest BCUT2D eigenvalue weighted by Gasteiger charge is 2.15. The highest BCUT2D eigenvalue weighted by Crippen LogP contribution is 2.12. The lowest BCUT2D eigenvalue weighted by Crippen LogP contribution is -2.32. The van der Waals surface area contributed by atoms with Gasteiger partial charge in [-0.3, -0.25) is 4.79 Å². The Labute approximate surface area is 80.6 Å². The minimum atomic E-state index is 0.226. The van der Waals surface area contributed by atoms with Gasteiger partial charge in [0, 0.05) is 18.7 Å². The van der Waals surface area contributed by atoms with Crippen molar-refractivity contribution in [2.45, 2.75) is 39.5 Å². The zero-order valence-corrected chi connectivity index (χ0v) is 8.68. The van der Waals surface area contributed by atoms with Crippen LogP contribution in [-0.4, -0.2) is 23.9 Å². The fraction of sp³-hybridized carbons (Fsp3) is 0.727. The molecule has 1 fully saturated rings. The van der Waals surface area contributed by atoms with Crippen molar-refractivity contribution >= 4 is 5.91 Å². The molecule has 0 aromatic heterocycles. The van der Waals surface area contributed by atoms with E-state index in [0.29, 0.717) is 0 Å². The van der Waals surface area contributed by atoms with Gasteiger partial charge in [-0.1, -0.05) is 18.9 Å². The van der Waals surface area contributed by atoms with Gasteiger partial charge < -0.3 is 4.90 Å². The first-order valence-electron chi connectivity index (χ1n) is 5.18. The summed E-state index contributed by atoms with van der Waals surface area (Å²) >= 11 is 0. The number of carbonyl (C=O) groups excluding carboxylic acids is 1. The fourth-order valence-electron chi connectivity index (χ4n) is 1.65. The molecule has 1 amide bonds. The Bertz CT molecular complexity index is 200. The smallest absolute Gasteiger partial charge is 0.249 e. The number of allylic oxidation sites excluding steroid dienone is 1. The van der Waals surface area contributed by atoms with Crippen LogP contribution < -0.4 is 0 Å². The normalized spacial score (nSPS) is 19.8. The van der Waals surface area contributed by atoms with E-state index in [9.17, 15) is 4.79 Å². The van der Waals surface area contributed by atoms with Gasteiger partial charge in [-0.05, 0) is 26.7 Å². The Morgan fingerprint density at radius 3 is 2.15 bits per heavy atom. The van der Waals surface area contributed by atoms with E-state index in [0.717, 1.165) is 18.7 Å². The SMILES string of the molecule is C/C=C(\C)C(=O)N1CCCCCC1. The number of nitrogens with zero attached hydrogens (tertiary/aromatic N) is 1. The molecule has 0 unspecified atom stereocenters. The number of likely N-dealkylation sites (tertiary alicyclic amines) is 1. The van der Waals surface area contributed by atoms with E-state index < -0.39 is 0 Å². The molecule has 0 N–H and O–H groups in total. The topological polar surface area (TPSA) is 20.3 Å². The lowest BCUT2D eigenvalue weighted by molar-refractivity contribution is -0.127. The van der Waals surface area contributed by atoms with E-state index >= 15 is 0 Å². The van der Waals surface area contributed by atoms with Gasteiger partial charge in [-0.2, -0.15) is 0 Å². The molecule has 1 aliphatic rings. The van der Waals surface area contributed by atoms with Crippen LogP contribution in [0.2, 0.25) is 0 Å². The van der Waals surface area contributed by atoms with Gasteiger partial charge in [-0.15, -0.1) is 0 Å².